The third-order valence-corrected chi connectivity index (χ3v) is 4.50. The Labute approximate surface area is 150 Å². The molecular formula is C20H18N2O2S. The lowest BCUT2D eigenvalue weighted by Gasteiger charge is -1.99. The molecule has 0 bridgehead atoms. The van der Waals surface area contributed by atoms with Crippen LogP contribution in [0.1, 0.15) is 10.4 Å². The number of carbonyl (C=O) groups is 1. The number of methoxy groups -OCH3 is 1. The zero-order chi connectivity index (χ0) is 17.6. The van der Waals surface area contributed by atoms with Gasteiger partial charge in [0.25, 0.3) is 0 Å². The molecule has 1 aromatic heterocycles. The summed E-state index contributed by atoms with van der Waals surface area (Å²) < 4.78 is 5.11. The van der Waals surface area contributed by atoms with Gasteiger partial charge in [0.15, 0.2) is 5.13 Å². The zero-order valence-corrected chi connectivity index (χ0v) is 14.8. The Bertz CT molecular complexity index is 884. The highest BCUT2D eigenvalue weighted by molar-refractivity contribution is 7.16. The molecule has 126 valence electrons. The molecule has 0 aliphatic rings. The molecule has 4 nitrogen and oxygen atoms in total. The Morgan fingerprint density at radius 3 is 2.52 bits per heavy atom. The fraction of sp³-hybridized carbons (Fsp3) is 0.100. The topological polar surface area (TPSA) is 51.2 Å². The Balaban J connectivity index is 1.67. The highest BCUT2D eigenvalue weighted by Gasteiger charge is 2.10. The molecule has 0 saturated carbocycles. The number of aryl methyl sites for hydroxylation is 1. The fourth-order valence-electron chi connectivity index (χ4n) is 2.35. The van der Waals surface area contributed by atoms with E-state index in [2.05, 4.69) is 10.3 Å². The van der Waals surface area contributed by atoms with E-state index in [9.17, 15) is 4.79 Å². The Kier molecular flexibility index (Phi) is 5.26. The van der Waals surface area contributed by atoms with Crippen molar-refractivity contribution in [2.75, 3.05) is 12.4 Å². The Morgan fingerprint density at radius 1 is 1.12 bits per heavy atom. The van der Waals surface area contributed by atoms with Crippen molar-refractivity contribution in [2.45, 2.75) is 6.92 Å². The number of hydrogen-bond acceptors (Lipinski definition) is 4. The number of amides is 1. The first-order chi connectivity index (χ1) is 12.2. The van der Waals surface area contributed by atoms with E-state index < -0.39 is 0 Å². The second kappa shape index (κ2) is 7.77. The number of nitrogens with one attached hydrogen (secondary N) is 1. The van der Waals surface area contributed by atoms with Crippen molar-refractivity contribution < 1.29 is 9.53 Å². The van der Waals surface area contributed by atoms with Gasteiger partial charge in [0.1, 0.15) is 5.75 Å². The number of carbonyl (C=O) groups excluding carboxylic acids is 1. The highest BCUT2D eigenvalue weighted by Crippen LogP contribution is 2.30. The zero-order valence-electron chi connectivity index (χ0n) is 14.0. The lowest BCUT2D eigenvalue weighted by molar-refractivity contribution is -0.111. The number of hydrogen-bond donors (Lipinski definition) is 1. The van der Waals surface area contributed by atoms with E-state index in [0.717, 1.165) is 27.4 Å². The predicted octanol–water partition coefficient (Wildman–Crippen LogP) is 4.78. The van der Waals surface area contributed by atoms with Crippen LogP contribution >= 0.6 is 11.3 Å². The SMILES string of the molecule is COc1ccc(/C=C/C(=O)Nc2nc(-c3ccccc3)c(C)s2)cc1. The molecule has 3 aromatic rings. The third kappa shape index (κ3) is 4.33. The summed E-state index contributed by atoms with van der Waals surface area (Å²) in [5, 5.41) is 3.42. The molecule has 0 unspecified atom stereocenters. The molecule has 1 heterocycles. The minimum Gasteiger partial charge on any atom is -0.497 e. The van der Waals surface area contributed by atoms with Crippen LogP contribution in [0.3, 0.4) is 0 Å². The second-order valence-corrected chi connectivity index (χ2v) is 6.59. The molecular weight excluding hydrogens is 332 g/mol. The van der Waals surface area contributed by atoms with Crippen molar-refractivity contribution >= 4 is 28.5 Å². The first kappa shape index (κ1) is 16.9. The summed E-state index contributed by atoms with van der Waals surface area (Å²) in [7, 11) is 1.62. The predicted molar refractivity (Wildman–Crippen MR) is 103 cm³/mol. The van der Waals surface area contributed by atoms with E-state index in [0.29, 0.717) is 5.13 Å². The smallest absolute Gasteiger partial charge is 0.250 e. The van der Waals surface area contributed by atoms with Crippen LogP contribution in [0.4, 0.5) is 5.13 Å². The lowest BCUT2D eigenvalue weighted by Crippen LogP contribution is -2.07. The molecule has 5 heteroatoms. The van der Waals surface area contributed by atoms with Crippen LogP contribution in [0.25, 0.3) is 17.3 Å². The van der Waals surface area contributed by atoms with Crippen LogP contribution in [-0.2, 0) is 4.79 Å². The molecule has 25 heavy (non-hydrogen) atoms. The lowest BCUT2D eigenvalue weighted by atomic mass is 10.1. The summed E-state index contributed by atoms with van der Waals surface area (Å²) >= 11 is 1.47. The normalized spacial score (nSPS) is 10.8. The van der Waals surface area contributed by atoms with E-state index >= 15 is 0 Å². The van der Waals surface area contributed by atoms with Gasteiger partial charge in [-0.25, -0.2) is 4.98 Å². The van der Waals surface area contributed by atoms with Crippen LogP contribution in [0.2, 0.25) is 0 Å². The minimum absolute atomic E-state index is 0.204. The number of aromatic nitrogens is 1. The molecule has 0 aliphatic carbocycles. The number of thiazole rings is 1. The summed E-state index contributed by atoms with van der Waals surface area (Å²) in [6.45, 7) is 2.00. The van der Waals surface area contributed by atoms with Crippen LogP contribution in [0.15, 0.2) is 60.7 Å². The van der Waals surface area contributed by atoms with E-state index in [-0.39, 0.29) is 5.91 Å². The average molecular weight is 350 g/mol. The number of benzene rings is 2. The van der Waals surface area contributed by atoms with Crippen LogP contribution in [-0.4, -0.2) is 18.0 Å². The molecule has 0 saturated heterocycles. The van der Waals surface area contributed by atoms with Crippen molar-refractivity contribution in [3.63, 3.8) is 0 Å². The van der Waals surface area contributed by atoms with E-state index in [1.54, 1.807) is 13.2 Å². The molecule has 1 amide bonds. The fourth-order valence-corrected chi connectivity index (χ4v) is 3.19. The monoisotopic (exact) mass is 350 g/mol. The van der Waals surface area contributed by atoms with Gasteiger partial charge in [-0.2, -0.15) is 0 Å². The average Bonchev–Trinajstić information content (AvgIpc) is 3.01. The summed E-state index contributed by atoms with van der Waals surface area (Å²) in [6.07, 6.45) is 3.26. The van der Waals surface area contributed by atoms with Gasteiger partial charge >= 0.3 is 0 Å². The maximum absolute atomic E-state index is 12.1. The Hall–Kier alpha value is -2.92. The van der Waals surface area contributed by atoms with E-state index in [4.69, 9.17) is 4.74 Å². The van der Waals surface area contributed by atoms with Gasteiger partial charge in [-0.1, -0.05) is 42.5 Å². The number of rotatable bonds is 5. The van der Waals surface area contributed by atoms with Crippen LogP contribution < -0.4 is 10.1 Å². The molecule has 0 fully saturated rings. The molecule has 1 N–H and O–H groups in total. The first-order valence-electron chi connectivity index (χ1n) is 7.81. The van der Waals surface area contributed by atoms with Crippen molar-refractivity contribution in [1.82, 2.24) is 4.98 Å². The minimum atomic E-state index is -0.204. The summed E-state index contributed by atoms with van der Waals surface area (Å²) in [4.78, 5) is 17.7. The highest BCUT2D eigenvalue weighted by atomic mass is 32.1. The van der Waals surface area contributed by atoms with Gasteiger partial charge in [-0.05, 0) is 30.7 Å². The summed E-state index contributed by atoms with van der Waals surface area (Å²) in [6, 6.07) is 17.4. The maximum Gasteiger partial charge on any atom is 0.250 e. The van der Waals surface area contributed by atoms with Gasteiger partial charge in [-0.15, -0.1) is 11.3 Å². The first-order valence-corrected chi connectivity index (χ1v) is 8.63. The Morgan fingerprint density at radius 2 is 1.84 bits per heavy atom. The van der Waals surface area contributed by atoms with Gasteiger partial charge in [0, 0.05) is 16.5 Å². The van der Waals surface area contributed by atoms with Gasteiger partial charge in [-0.3, -0.25) is 10.1 Å². The summed E-state index contributed by atoms with van der Waals surface area (Å²) in [5.41, 5.74) is 2.88. The summed E-state index contributed by atoms with van der Waals surface area (Å²) in [5.74, 6) is 0.581. The molecule has 0 atom stereocenters. The third-order valence-electron chi connectivity index (χ3n) is 3.62. The van der Waals surface area contributed by atoms with Gasteiger partial charge in [0.2, 0.25) is 5.91 Å². The van der Waals surface area contributed by atoms with Crippen LogP contribution in [0.5, 0.6) is 5.75 Å². The van der Waals surface area contributed by atoms with Crippen molar-refractivity contribution in [1.29, 1.82) is 0 Å². The van der Waals surface area contributed by atoms with Crippen LogP contribution in [0, 0.1) is 6.92 Å². The second-order valence-electron chi connectivity index (χ2n) is 5.39. The van der Waals surface area contributed by atoms with Gasteiger partial charge in [0.05, 0.1) is 12.8 Å². The van der Waals surface area contributed by atoms with Gasteiger partial charge < -0.3 is 4.74 Å². The van der Waals surface area contributed by atoms with E-state index in [1.807, 2.05) is 61.5 Å². The van der Waals surface area contributed by atoms with Crippen molar-refractivity contribution in [3.8, 4) is 17.0 Å². The van der Waals surface area contributed by atoms with Crippen molar-refractivity contribution in [2.24, 2.45) is 0 Å². The quantitative estimate of drug-likeness (QED) is 0.674. The molecule has 3 rings (SSSR count). The standard InChI is InChI=1S/C20H18N2O2S/c1-14-19(16-6-4-3-5-7-16)22-20(25-14)21-18(23)13-10-15-8-11-17(24-2)12-9-15/h3-13H,1-2H3,(H,21,22,23)/b13-10+. The van der Waals surface area contributed by atoms with E-state index in [1.165, 1.54) is 17.4 Å². The van der Waals surface area contributed by atoms with Crippen molar-refractivity contribution in [3.05, 3.63) is 71.1 Å². The largest absolute Gasteiger partial charge is 0.497 e. The number of nitrogens with zero attached hydrogens (tertiary/aromatic N) is 1. The number of anilines is 1. The molecule has 2 aromatic carbocycles. The molecule has 0 radical (unpaired) electrons. The molecule has 0 aliphatic heterocycles. The molecule has 0 spiro atoms. The number of ether oxygens (including phenoxy) is 1. The maximum atomic E-state index is 12.1.